The molecule has 31 heavy (non-hydrogen) atoms. The highest BCUT2D eigenvalue weighted by atomic mass is 19.1. The average Bonchev–Trinajstić information content (AvgIpc) is 3.22. The summed E-state index contributed by atoms with van der Waals surface area (Å²) in [4.78, 5) is 13.2. The molecule has 7 heteroatoms. The summed E-state index contributed by atoms with van der Waals surface area (Å²) in [5.41, 5.74) is 2.72. The van der Waals surface area contributed by atoms with Crippen molar-refractivity contribution in [2.75, 3.05) is 18.0 Å². The molecule has 4 aromatic rings. The topological polar surface area (TPSA) is 71.2 Å². The van der Waals surface area contributed by atoms with E-state index in [4.69, 9.17) is 5.11 Å². The SMILES string of the molecule is O=C(O)c1ccc(-c2ccc(N3CCC(n4ccc5ccc(F)cc54)CC3)nn2)cc1. The first-order valence-corrected chi connectivity index (χ1v) is 10.3. The zero-order valence-corrected chi connectivity index (χ0v) is 16.8. The summed E-state index contributed by atoms with van der Waals surface area (Å²) in [5, 5.41) is 18.8. The molecule has 6 nitrogen and oxygen atoms in total. The van der Waals surface area contributed by atoms with Gasteiger partial charge in [-0.1, -0.05) is 12.1 Å². The highest BCUT2D eigenvalue weighted by molar-refractivity contribution is 5.88. The van der Waals surface area contributed by atoms with Crippen molar-refractivity contribution in [3.8, 4) is 11.3 Å². The molecule has 0 radical (unpaired) electrons. The number of benzene rings is 2. The van der Waals surface area contributed by atoms with Gasteiger partial charge in [-0.3, -0.25) is 0 Å². The van der Waals surface area contributed by atoms with Crippen molar-refractivity contribution in [1.82, 2.24) is 14.8 Å². The number of carbonyl (C=O) groups is 1. The van der Waals surface area contributed by atoms with Gasteiger partial charge in [0.15, 0.2) is 5.82 Å². The highest BCUT2D eigenvalue weighted by Gasteiger charge is 2.22. The Kier molecular flexibility index (Phi) is 4.86. The number of anilines is 1. The van der Waals surface area contributed by atoms with Gasteiger partial charge in [0.1, 0.15) is 5.82 Å². The van der Waals surface area contributed by atoms with Gasteiger partial charge in [0.25, 0.3) is 0 Å². The van der Waals surface area contributed by atoms with E-state index in [2.05, 4.69) is 25.9 Å². The van der Waals surface area contributed by atoms with Crippen LogP contribution in [0.25, 0.3) is 22.2 Å². The number of carboxylic acids is 1. The number of piperidine rings is 1. The van der Waals surface area contributed by atoms with Gasteiger partial charge >= 0.3 is 5.97 Å². The molecule has 1 aliphatic heterocycles. The van der Waals surface area contributed by atoms with Gasteiger partial charge in [-0.25, -0.2) is 9.18 Å². The fraction of sp³-hybridized carbons (Fsp3) is 0.208. The van der Waals surface area contributed by atoms with E-state index in [0.29, 0.717) is 11.7 Å². The van der Waals surface area contributed by atoms with Crippen molar-refractivity contribution in [1.29, 1.82) is 0 Å². The van der Waals surface area contributed by atoms with E-state index >= 15 is 0 Å². The van der Waals surface area contributed by atoms with Crippen molar-refractivity contribution < 1.29 is 14.3 Å². The number of rotatable bonds is 4. The molecule has 5 rings (SSSR count). The second kappa shape index (κ2) is 7.83. The van der Waals surface area contributed by atoms with Crippen LogP contribution in [0, 0.1) is 5.82 Å². The smallest absolute Gasteiger partial charge is 0.335 e. The van der Waals surface area contributed by atoms with Crippen molar-refractivity contribution in [3.63, 3.8) is 0 Å². The molecule has 0 aliphatic carbocycles. The minimum absolute atomic E-state index is 0.210. The number of aromatic carboxylic acids is 1. The van der Waals surface area contributed by atoms with Crippen molar-refractivity contribution >= 4 is 22.7 Å². The number of fused-ring (bicyclic) bond motifs is 1. The van der Waals surface area contributed by atoms with Gasteiger partial charge in [0.05, 0.1) is 16.8 Å². The van der Waals surface area contributed by atoms with Gasteiger partial charge in [-0.15, -0.1) is 10.2 Å². The number of halogens is 1. The molecule has 0 bridgehead atoms. The van der Waals surface area contributed by atoms with E-state index in [1.165, 1.54) is 6.07 Å². The summed E-state index contributed by atoms with van der Waals surface area (Å²) < 4.78 is 15.9. The van der Waals surface area contributed by atoms with E-state index in [-0.39, 0.29) is 11.4 Å². The second-order valence-electron chi connectivity index (χ2n) is 7.80. The van der Waals surface area contributed by atoms with Crippen LogP contribution in [0.1, 0.15) is 29.2 Å². The molecule has 2 aromatic heterocycles. The molecule has 0 unspecified atom stereocenters. The molecule has 2 aromatic carbocycles. The van der Waals surface area contributed by atoms with E-state index < -0.39 is 5.97 Å². The van der Waals surface area contributed by atoms with Crippen LogP contribution in [-0.4, -0.2) is 38.9 Å². The maximum absolute atomic E-state index is 13.7. The highest BCUT2D eigenvalue weighted by Crippen LogP contribution is 2.30. The normalized spacial score (nSPS) is 14.8. The van der Waals surface area contributed by atoms with Gasteiger partial charge in [-0.2, -0.15) is 0 Å². The molecule has 0 saturated carbocycles. The summed E-state index contributed by atoms with van der Waals surface area (Å²) in [6.45, 7) is 1.70. The minimum Gasteiger partial charge on any atom is -0.478 e. The average molecular weight is 416 g/mol. The number of nitrogens with zero attached hydrogens (tertiary/aromatic N) is 4. The van der Waals surface area contributed by atoms with Crippen LogP contribution in [0.4, 0.5) is 10.2 Å². The van der Waals surface area contributed by atoms with Gasteiger partial charge < -0.3 is 14.6 Å². The van der Waals surface area contributed by atoms with Crippen LogP contribution >= 0.6 is 0 Å². The summed E-state index contributed by atoms with van der Waals surface area (Å²) >= 11 is 0. The largest absolute Gasteiger partial charge is 0.478 e. The summed E-state index contributed by atoms with van der Waals surface area (Å²) in [7, 11) is 0. The Morgan fingerprint density at radius 3 is 2.42 bits per heavy atom. The molecule has 1 fully saturated rings. The lowest BCUT2D eigenvalue weighted by atomic mass is 10.0. The molecule has 1 aliphatic rings. The second-order valence-corrected chi connectivity index (χ2v) is 7.80. The standard InChI is InChI=1S/C24H21FN4O2/c25-19-6-5-17-9-14-29(22(17)15-19)20-10-12-28(13-11-20)23-8-7-21(26-27-23)16-1-3-18(4-2-16)24(30)31/h1-9,14-15,20H,10-13H2,(H,30,31). The van der Waals surface area contributed by atoms with E-state index in [1.54, 1.807) is 30.3 Å². The number of hydrogen-bond acceptors (Lipinski definition) is 4. The number of aromatic nitrogens is 3. The fourth-order valence-electron chi connectivity index (χ4n) is 4.25. The van der Waals surface area contributed by atoms with E-state index in [0.717, 1.165) is 48.2 Å². The van der Waals surface area contributed by atoms with Crippen LogP contribution in [0.2, 0.25) is 0 Å². The number of hydrogen-bond donors (Lipinski definition) is 1. The summed E-state index contributed by atoms with van der Waals surface area (Å²) in [6.07, 6.45) is 3.94. The maximum atomic E-state index is 13.7. The molecule has 3 heterocycles. The molecule has 1 saturated heterocycles. The lowest BCUT2D eigenvalue weighted by Gasteiger charge is -2.33. The lowest BCUT2D eigenvalue weighted by Crippen LogP contribution is -2.35. The van der Waals surface area contributed by atoms with Crippen LogP contribution in [0.5, 0.6) is 0 Å². The van der Waals surface area contributed by atoms with Crippen LogP contribution in [0.3, 0.4) is 0 Å². The predicted molar refractivity (Wildman–Crippen MR) is 117 cm³/mol. The third kappa shape index (κ3) is 3.74. The van der Waals surface area contributed by atoms with E-state index in [9.17, 15) is 9.18 Å². The zero-order valence-electron chi connectivity index (χ0n) is 16.8. The lowest BCUT2D eigenvalue weighted by molar-refractivity contribution is 0.0697. The predicted octanol–water partition coefficient (Wildman–Crippen LogP) is 4.78. The van der Waals surface area contributed by atoms with Gasteiger partial charge in [0, 0.05) is 30.9 Å². The Hall–Kier alpha value is -3.74. The Bertz CT molecular complexity index is 1230. The first-order chi connectivity index (χ1) is 15.1. The van der Waals surface area contributed by atoms with Gasteiger partial charge in [0.2, 0.25) is 0 Å². The summed E-state index contributed by atoms with van der Waals surface area (Å²) in [6, 6.07) is 17.8. The number of carboxylic acid groups (broad SMARTS) is 1. The molecule has 156 valence electrons. The Labute approximate surface area is 178 Å². The monoisotopic (exact) mass is 416 g/mol. The van der Waals surface area contributed by atoms with Crippen LogP contribution in [-0.2, 0) is 0 Å². The zero-order chi connectivity index (χ0) is 21.4. The molecule has 0 atom stereocenters. The summed E-state index contributed by atoms with van der Waals surface area (Å²) in [5.74, 6) is -0.333. The third-order valence-electron chi connectivity index (χ3n) is 5.95. The van der Waals surface area contributed by atoms with E-state index in [1.807, 2.05) is 24.3 Å². The van der Waals surface area contributed by atoms with Gasteiger partial charge in [-0.05, 0) is 66.8 Å². The van der Waals surface area contributed by atoms with Crippen molar-refractivity contribution in [2.24, 2.45) is 0 Å². The first-order valence-electron chi connectivity index (χ1n) is 10.3. The minimum atomic E-state index is -0.950. The Morgan fingerprint density at radius 1 is 0.968 bits per heavy atom. The Morgan fingerprint density at radius 2 is 1.74 bits per heavy atom. The Balaban J connectivity index is 1.27. The fourth-order valence-corrected chi connectivity index (χ4v) is 4.25. The molecule has 0 amide bonds. The van der Waals surface area contributed by atoms with Crippen LogP contribution in [0.15, 0.2) is 66.9 Å². The molecule has 1 N–H and O–H groups in total. The molecular formula is C24H21FN4O2. The van der Waals surface area contributed by atoms with Crippen molar-refractivity contribution in [3.05, 3.63) is 78.2 Å². The van der Waals surface area contributed by atoms with Crippen LogP contribution < -0.4 is 4.90 Å². The third-order valence-corrected chi connectivity index (χ3v) is 5.95. The quantitative estimate of drug-likeness (QED) is 0.519. The first kappa shape index (κ1) is 19.2. The maximum Gasteiger partial charge on any atom is 0.335 e. The molecular weight excluding hydrogens is 395 g/mol. The molecule has 0 spiro atoms. The van der Waals surface area contributed by atoms with Crippen molar-refractivity contribution in [2.45, 2.75) is 18.9 Å².